The van der Waals surface area contributed by atoms with Crippen molar-refractivity contribution in [3.05, 3.63) is 26.8 Å². The third kappa shape index (κ3) is 4.70. The molecule has 0 amide bonds. The van der Waals surface area contributed by atoms with Crippen molar-refractivity contribution in [1.82, 2.24) is 8.75 Å². The van der Waals surface area contributed by atoms with E-state index in [0.717, 1.165) is 16.2 Å². The number of anilines is 3. The molecule has 2 atom stereocenters. The van der Waals surface area contributed by atoms with Crippen LogP contribution in [0.5, 0.6) is 5.75 Å². The topological polar surface area (TPSA) is 153 Å². The number of primary sulfonamides is 1. The molecule has 0 radical (unpaired) electrons. The van der Waals surface area contributed by atoms with E-state index in [1.165, 1.54) is 15.8 Å². The van der Waals surface area contributed by atoms with Crippen molar-refractivity contribution in [3.8, 4) is 5.75 Å². The maximum Gasteiger partial charge on any atom is 0.251 e. The zero-order valence-corrected chi connectivity index (χ0v) is 19.4. The van der Waals surface area contributed by atoms with Crippen molar-refractivity contribution >= 4 is 61.2 Å². The van der Waals surface area contributed by atoms with Gasteiger partial charge in [0.05, 0.1) is 11.7 Å². The maximum atomic E-state index is 11.9. The van der Waals surface area contributed by atoms with Crippen LogP contribution in [0.3, 0.4) is 0 Å². The van der Waals surface area contributed by atoms with Crippen LogP contribution in [0.4, 0.5) is 17.3 Å². The van der Waals surface area contributed by atoms with Crippen LogP contribution in [0.15, 0.2) is 15.7 Å². The minimum atomic E-state index is -4.05. The zero-order chi connectivity index (χ0) is 21.5. The van der Waals surface area contributed by atoms with Gasteiger partial charge in [0.25, 0.3) is 10.0 Å². The largest absolute Gasteiger partial charge is 0.546 e. The molecule has 158 valence electrons. The van der Waals surface area contributed by atoms with Crippen LogP contribution in [-0.4, -0.2) is 26.8 Å². The first-order valence-electron chi connectivity index (χ1n) is 8.51. The third-order valence-corrected chi connectivity index (χ3v) is 8.63. The molecule has 29 heavy (non-hydrogen) atoms. The number of thiophene rings is 2. The van der Waals surface area contributed by atoms with Gasteiger partial charge in [0, 0.05) is 23.9 Å². The molecule has 3 aromatic rings. The van der Waals surface area contributed by atoms with Crippen LogP contribution in [0, 0.1) is 19.8 Å². The molecule has 1 unspecified atom stereocenters. The van der Waals surface area contributed by atoms with Gasteiger partial charge in [-0.1, -0.05) is 13.8 Å². The summed E-state index contributed by atoms with van der Waals surface area (Å²) in [6.45, 7) is 8.22. The second-order valence-corrected chi connectivity index (χ2v) is 11.6. The predicted octanol–water partition coefficient (Wildman–Crippen LogP) is 3.85. The lowest BCUT2D eigenvalue weighted by Gasteiger charge is -2.20. The highest BCUT2D eigenvalue weighted by Gasteiger charge is 2.26. The fourth-order valence-electron chi connectivity index (χ4n) is 2.66. The molecular weight excluding hydrogens is 454 g/mol. The van der Waals surface area contributed by atoms with E-state index in [9.17, 15) is 18.1 Å². The van der Waals surface area contributed by atoms with Gasteiger partial charge in [-0.2, -0.15) is 0 Å². The van der Waals surface area contributed by atoms with Crippen molar-refractivity contribution in [2.24, 2.45) is 11.1 Å². The van der Waals surface area contributed by atoms with Crippen molar-refractivity contribution in [2.75, 3.05) is 10.6 Å². The van der Waals surface area contributed by atoms with Crippen LogP contribution < -0.4 is 15.8 Å². The maximum absolute atomic E-state index is 11.9. The molecule has 9 nitrogen and oxygen atoms in total. The number of nitrogens with two attached hydrogens (primary N) is 1. The lowest BCUT2D eigenvalue weighted by atomic mass is 10.0. The summed E-state index contributed by atoms with van der Waals surface area (Å²) < 4.78 is 42.6. The number of sulfonamides is 1. The minimum Gasteiger partial charge on any atom is -0.546 e. The number of aryl methyl sites for hydroxylation is 2. The van der Waals surface area contributed by atoms with Crippen molar-refractivity contribution in [1.29, 1.82) is 0 Å². The quantitative estimate of drug-likeness (QED) is 0.376. The fourth-order valence-corrected chi connectivity index (χ4v) is 6.23. The average molecular weight is 476 g/mol. The van der Waals surface area contributed by atoms with Crippen LogP contribution >= 0.6 is 33.8 Å². The number of nitrogens with one attached hydrogen (secondary N) is 2. The smallest absolute Gasteiger partial charge is 0.251 e. The Morgan fingerprint density at radius 1 is 1.28 bits per heavy atom. The highest BCUT2D eigenvalue weighted by molar-refractivity contribution is 7.91. The molecule has 3 rings (SSSR count). The zero-order valence-electron chi connectivity index (χ0n) is 16.1. The van der Waals surface area contributed by atoms with Crippen LogP contribution in [-0.2, 0) is 10.0 Å². The van der Waals surface area contributed by atoms with E-state index in [4.69, 9.17) is 5.14 Å². The Labute approximate surface area is 179 Å². The number of hydrogen-bond acceptors (Lipinski definition) is 10. The summed E-state index contributed by atoms with van der Waals surface area (Å²) in [4.78, 5) is 2.33. The molecular formula is C16H21N5O4S4. The standard InChI is InChI=1S/C16H21N5O4S4/c1-7(2)12(11-5-8(3)9(4)27-11)19-15-14(20-28(23)21-15)18-10-6-26-16(13(10)22)29(17,24)25/h5-7,12,22H,1-4H3,(H,18,20)(H,19,21)(H2,17,24,25)/t12-,28?/m1/s1. The van der Waals surface area contributed by atoms with Gasteiger partial charge in [0.2, 0.25) is 11.6 Å². The molecule has 3 heterocycles. The highest BCUT2D eigenvalue weighted by Crippen LogP contribution is 2.41. The lowest BCUT2D eigenvalue weighted by Crippen LogP contribution is -2.16. The van der Waals surface area contributed by atoms with Gasteiger partial charge in [0.15, 0.2) is 21.1 Å². The SMILES string of the molecule is Cc1cc([C@H](Nc2n[s+]([O-])nc2Nc2csc(S(N)(=O)=O)c2O)C(C)C)sc1C. The van der Waals surface area contributed by atoms with Crippen LogP contribution in [0.2, 0.25) is 0 Å². The molecule has 0 aliphatic heterocycles. The fraction of sp³-hybridized carbons (Fsp3) is 0.375. The van der Waals surface area contributed by atoms with E-state index in [1.54, 1.807) is 11.3 Å². The van der Waals surface area contributed by atoms with Gasteiger partial charge in [-0.25, -0.2) is 13.6 Å². The molecule has 0 aromatic carbocycles. The molecule has 0 aliphatic carbocycles. The molecule has 3 aromatic heterocycles. The molecule has 13 heteroatoms. The second kappa shape index (κ2) is 8.16. The Morgan fingerprint density at radius 3 is 2.45 bits per heavy atom. The Morgan fingerprint density at radius 2 is 1.93 bits per heavy atom. The summed E-state index contributed by atoms with van der Waals surface area (Å²) in [6.07, 6.45) is 0. The third-order valence-electron chi connectivity index (χ3n) is 4.26. The first-order chi connectivity index (χ1) is 13.5. The van der Waals surface area contributed by atoms with E-state index < -0.39 is 26.9 Å². The number of aromatic nitrogens is 2. The monoisotopic (exact) mass is 475 g/mol. The van der Waals surface area contributed by atoms with E-state index in [-0.39, 0.29) is 33.5 Å². The molecule has 5 N–H and O–H groups in total. The van der Waals surface area contributed by atoms with Gasteiger partial charge in [0.1, 0.15) is 0 Å². The molecule has 0 saturated heterocycles. The number of aromatic hydroxyl groups is 1. The van der Waals surface area contributed by atoms with Gasteiger partial charge in [-0.05, 0) is 31.4 Å². The van der Waals surface area contributed by atoms with Crippen molar-refractivity contribution in [2.45, 2.75) is 37.9 Å². The first-order valence-corrected chi connectivity index (χ1v) is 12.8. The normalized spacial score (nSPS) is 13.7. The average Bonchev–Trinajstić information content (AvgIpc) is 3.24. The molecule has 0 aliphatic rings. The van der Waals surface area contributed by atoms with Gasteiger partial charge >= 0.3 is 0 Å². The van der Waals surface area contributed by atoms with E-state index in [2.05, 4.69) is 46.2 Å². The highest BCUT2D eigenvalue weighted by atomic mass is 32.2. The Hall–Kier alpha value is -1.77. The van der Waals surface area contributed by atoms with Gasteiger partial charge in [-0.3, -0.25) is 0 Å². The predicted molar refractivity (Wildman–Crippen MR) is 116 cm³/mol. The molecule has 0 saturated carbocycles. The number of hydrogen-bond donors (Lipinski definition) is 4. The summed E-state index contributed by atoms with van der Waals surface area (Å²) in [7, 11) is -4.05. The Balaban J connectivity index is 1.92. The lowest BCUT2D eigenvalue weighted by molar-refractivity contribution is 0.466. The summed E-state index contributed by atoms with van der Waals surface area (Å²) in [6, 6.07) is 2.02. The summed E-state index contributed by atoms with van der Waals surface area (Å²) >= 11 is 0.624. The molecule has 0 bridgehead atoms. The summed E-state index contributed by atoms with van der Waals surface area (Å²) in [5.41, 5.74) is 1.29. The molecule has 0 fully saturated rings. The van der Waals surface area contributed by atoms with Crippen molar-refractivity contribution in [3.63, 3.8) is 0 Å². The van der Waals surface area contributed by atoms with Gasteiger partial charge in [-0.15, -0.1) is 22.7 Å². The van der Waals surface area contributed by atoms with E-state index >= 15 is 0 Å². The summed E-state index contributed by atoms with van der Waals surface area (Å²) in [5.74, 6) is 0.109. The Kier molecular flexibility index (Phi) is 6.17. The molecule has 0 spiro atoms. The first kappa shape index (κ1) is 21.9. The van der Waals surface area contributed by atoms with E-state index in [1.807, 2.05) is 6.92 Å². The van der Waals surface area contributed by atoms with E-state index in [0.29, 0.717) is 0 Å². The van der Waals surface area contributed by atoms with Crippen LogP contribution in [0.1, 0.15) is 35.2 Å². The number of nitrogens with zero attached hydrogens (tertiary/aromatic N) is 2. The van der Waals surface area contributed by atoms with Crippen LogP contribution in [0.25, 0.3) is 0 Å². The van der Waals surface area contributed by atoms with Crippen molar-refractivity contribution < 1.29 is 18.1 Å². The summed E-state index contributed by atoms with van der Waals surface area (Å²) in [5, 5.41) is 22.7. The minimum absolute atomic E-state index is 0.0927. The second-order valence-electron chi connectivity index (χ2n) is 6.82. The van der Waals surface area contributed by atoms with Gasteiger partial charge < -0.3 is 20.3 Å². The number of rotatable bonds is 7. The Bertz CT molecular complexity index is 1110.